The molecule has 0 radical (unpaired) electrons. The molecule has 0 aliphatic carbocycles. The summed E-state index contributed by atoms with van der Waals surface area (Å²) in [6.45, 7) is 0. The Labute approximate surface area is 85.1 Å². The molecule has 70 valence electrons. The highest BCUT2D eigenvalue weighted by Gasteiger charge is 2.04. The van der Waals surface area contributed by atoms with E-state index in [1.165, 1.54) is 0 Å². The van der Waals surface area contributed by atoms with Crippen LogP contribution in [0.4, 0.5) is 0 Å². The van der Waals surface area contributed by atoms with Gasteiger partial charge in [-0.3, -0.25) is 4.98 Å². The molecule has 3 heteroatoms. The molecule has 0 saturated heterocycles. The molecule has 1 heterocycles. The monoisotopic (exact) mass is 203 g/mol. The molecule has 1 aromatic carbocycles. The number of hydrogen-bond acceptors (Lipinski definition) is 2. The Morgan fingerprint density at radius 3 is 2.29 bits per heavy atom. The Morgan fingerprint density at radius 2 is 1.64 bits per heavy atom. The van der Waals surface area contributed by atoms with Crippen molar-refractivity contribution in [1.29, 1.82) is 0 Å². The molecule has 0 amide bonds. The molecule has 14 heavy (non-hydrogen) atoms. The van der Waals surface area contributed by atoms with Crippen LogP contribution in [-0.2, 0) is 10.8 Å². The van der Waals surface area contributed by atoms with E-state index in [-0.39, 0.29) is 0 Å². The zero-order chi connectivity index (χ0) is 9.80. The lowest BCUT2D eigenvalue weighted by atomic mass is 10.4. The summed E-state index contributed by atoms with van der Waals surface area (Å²) < 4.78 is 11.9. The standard InChI is InChI=1S/C11H9NOS/c13-14(10-5-2-1-3-6-10)11-7-4-8-12-9-11/h1-9H/t14-/m0/s1. The molecule has 2 nitrogen and oxygen atoms in total. The van der Waals surface area contributed by atoms with Crippen LogP contribution >= 0.6 is 0 Å². The summed E-state index contributed by atoms with van der Waals surface area (Å²) in [4.78, 5) is 5.48. The minimum atomic E-state index is -1.11. The average Bonchev–Trinajstić information content (AvgIpc) is 2.30. The molecule has 2 rings (SSSR count). The second kappa shape index (κ2) is 4.15. The summed E-state index contributed by atoms with van der Waals surface area (Å²) in [6, 6.07) is 13.0. The second-order valence-electron chi connectivity index (χ2n) is 2.77. The molecule has 1 aromatic heterocycles. The van der Waals surface area contributed by atoms with Gasteiger partial charge < -0.3 is 0 Å². The van der Waals surface area contributed by atoms with Gasteiger partial charge in [-0.1, -0.05) is 18.2 Å². The highest BCUT2D eigenvalue weighted by Crippen LogP contribution is 2.13. The molecule has 1 atom stereocenters. The van der Waals surface area contributed by atoms with Gasteiger partial charge in [0.1, 0.15) is 0 Å². The van der Waals surface area contributed by atoms with Crippen LogP contribution in [0.2, 0.25) is 0 Å². The molecule has 0 fully saturated rings. The normalized spacial score (nSPS) is 12.3. The van der Waals surface area contributed by atoms with Crippen molar-refractivity contribution in [2.75, 3.05) is 0 Å². The van der Waals surface area contributed by atoms with Gasteiger partial charge in [0, 0.05) is 17.3 Å². The van der Waals surface area contributed by atoms with Crippen molar-refractivity contribution in [3.05, 3.63) is 54.9 Å². The van der Waals surface area contributed by atoms with Crippen LogP contribution in [0.5, 0.6) is 0 Å². The van der Waals surface area contributed by atoms with E-state index in [1.54, 1.807) is 18.5 Å². The zero-order valence-electron chi connectivity index (χ0n) is 7.46. The van der Waals surface area contributed by atoms with Gasteiger partial charge in [0.15, 0.2) is 0 Å². The SMILES string of the molecule is O=[S@@](c1ccccc1)c1cccnc1. The molecule has 0 bridgehead atoms. The van der Waals surface area contributed by atoms with Crippen molar-refractivity contribution < 1.29 is 4.21 Å². The van der Waals surface area contributed by atoms with Crippen molar-refractivity contribution in [3.8, 4) is 0 Å². The van der Waals surface area contributed by atoms with Gasteiger partial charge in [0.05, 0.1) is 15.7 Å². The Kier molecular flexibility index (Phi) is 2.70. The second-order valence-corrected chi connectivity index (χ2v) is 4.25. The van der Waals surface area contributed by atoms with Crippen molar-refractivity contribution >= 4 is 10.8 Å². The first-order valence-corrected chi connectivity index (χ1v) is 5.40. The summed E-state index contributed by atoms with van der Waals surface area (Å²) in [7, 11) is -1.11. The highest BCUT2D eigenvalue weighted by molar-refractivity contribution is 7.85. The van der Waals surface area contributed by atoms with E-state index in [0.717, 1.165) is 9.79 Å². The first kappa shape index (κ1) is 9.09. The van der Waals surface area contributed by atoms with Crippen LogP contribution in [0.25, 0.3) is 0 Å². The zero-order valence-corrected chi connectivity index (χ0v) is 8.28. The number of pyridine rings is 1. The lowest BCUT2D eigenvalue weighted by molar-refractivity contribution is 0.683. The van der Waals surface area contributed by atoms with Gasteiger partial charge in [0.25, 0.3) is 0 Å². The van der Waals surface area contributed by atoms with E-state index < -0.39 is 10.8 Å². The minimum Gasteiger partial charge on any atom is -0.263 e. The van der Waals surface area contributed by atoms with Crippen molar-refractivity contribution in [2.45, 2.75) is 9.79 Å². The molecule has 0 N–H and O–H groups in total. The number of hydrogen-bond donors (Lipinski definition) is 0. The van der Waals surface area contributed by atoms with Crippen LogP contribution in [0, 0.1) is 0 Å². The molecular formula is C11H9NOS. The van der Waals surface area contributed by atoms with Gasteiger partial charge >= 0.3 is 0 Å². The summed E-state index contributed by atoms with van der Waals surface area (Å²) in [6.07, 6.45) is 3.30. The maximum Gasteiger partial charge on any atom is 0.0865 e. The van der Waals surface area contributed by atoms with E-state index in [0.29, 0.717) is 0 Å². The van der Waals surface area contributed by atoms with Crippen molar-refractivity contribution in [1.82, 2.24) is 4.98 Å². The van der Waals surface area contributed by atoms with E-state index in [4.69, 9.17) is 0 Å². The summed E-state index contributed by atoms with van der Waals surface area (Å²) >= 11 is 0. The number of aromatic nitrogens is 1. The maximum absolute atomic E-state index is 11.9. The third-order valence-electron chi connectivity index (χ3n) is 1.81. The first-order chi connectivity index (χ1) is 6.88. The predicted octanol–water partition coefficient (Wildman–Crippen LogP) is 2.25. The van der Waals surface area contributed by atoms with Gasteiger partial charge in [-0.05, 0) is 24.3 Å². The predicted molar refractivity (Wildman–Crippen MR) is 55.4 cm³/mol. The van der Waals surface area contributed by atoms with E-state index in [1.807, 2.05) is 36.4 Å². The Balaban J connectivity index is 2.35. The summed E-state index contributed by atoms with van der Waals surface area (Å²) in [5.74, 6) is 0. The molecule has 2 aromatic rings. The first-order valence-electron chi connectivity index (χ1n) is 4.25. The van der Waals surface area contributed by atoms with Gasteiger partial charge in [-0.25, -0.2) is 4.21 Å². The van der Waals surface area contributed by atoms with Crippen LogP contribution in [0.3, 0.4) is 0 Å². The lowest BCUT2D eigenvalue weighted by Crippen LogP contribution is -1.92. The minimum absolute atomic E-state index is 0.735. The topological polar surface area (TPSA) is 30.0 Å². The molecule has 0 aliphatic heterocycles. The van der Waals surface area contributed by atoms with Crippen molar-refractivity contribution in [2.24, 2.45) is 0 Å². The van der Waals surface area contributed by atoms with Crippen LogP contribution < -0.4 is 0 Å². The number of rotatable bonds is 2. The number of nitrogens with zero attached hydrogens (tertiary/aromatic N) is 1. The van der Waals surface area contributed by atoms with Crippen LogP contribution in [0.1, 0.15) is 0 Å². The third-order valence-corrected chi connectivity index (χ3v) is 3.18. The largest absolute Gasteiger partial charge is 0.263 e. The summed E-state index contributed by atoms with van der Waals surface area (Å²) in [5, 5.41) is 0. The molecule has 0 aliphatic rings. The van der Waals surface area contributed by atoms with Gasteiger partial charge in [0.2, 0.25) is 0 Å². The van der Waals surface area contributed by atoms with Crippen LogP contribution in [0.15, 0.2) is 64.6 Å². The molecule has 0 unspecified atom stereocenters. The Morgan fingerprint density at radius 1 is 0.929 bits per heavy atom. The smallest absolute Gasteiger partial charge is 0.0865 e. The summed E-state index contributed by atoms with van der Waals surface area (Å²) in [5.41, 5.74) is 0. The quantitative estimate of drug-likeness (QED) is 0.749. The van der Waals surface area contributed by atoms with Gasteiger partial charge in [-0.2, -0.15) is 0 Å². The van der Waals surface area contributed by atoms with E-state index in [9.17, 15) is 4.21 Å². The number of benzene rings is 1. The fourth-order valence-corrected chi connectivity index (χ4v) is 2.17. The lowest BCUT2D eigenvalue weighted by Gasteiger charge is -2.00. The molecule has 0 saturated carbocycles. The fourth-order valence-electron chi connectivity index (χ4n) is 1.14. The fraction of sp³-hybridized carbons (Fsp3) is 0. The van der Waals surface area contributed by atoms with E-state index in [2.05, 4.69) is 4.98 Å². The highest BCUT2D eigenvalue weighted by atomic mass is 32.2. The maximum atomic E-state index is 11.9. The van der Waals surface area contributed by atoms with Crippen LogP contribution in [-0.4, -0.2) is 9.19 Å². The molecule has 0 spiro atoms. The van der Waals surface area contributed by atoms with Crippen molar-refractivity contribution in [3.63, 3.8) is 0 Å². The van der Waals surface area contributed by atoms with Gasteiger partial charge in [-0.15, -0.1) is 0 Å². The third kappa shape index (κ3) is 1.88. The Hall–Kier alpha value is -1.48. The average molecular weight is 203 g/mol. The van der Waals surface area contributed by atoms with E-state index >= 15 is 0 Å². The molecular weight excluding hydrogens is 194 g/mol. The Bertz CT molecular complexity index is 386.